The lowest BCUT2D eigenvalue weighted by atomic mass is 9.96. The van der Waals surface area contributed by atoms with Crippen molar-refractivity contribution in [3.8, 4) is 0 Å². The van der Waals surface area contributed by atoms with E-state index >= 15 is 0 Å². The van der Waals surface area contributed by atoms with Gasteiger partial charge in [-0.15, -0.1) is 0 Å². The van der Waals surface area contributed by atoms with Gasteiger partial charge < -0.3 is 20.3 Å². The van der Waals surface area contributed by atoms with Crippen molar-refractivity contribution in [3.63, 3.8) is 0 Å². The van der Waals surface area contributed by atoms with Gasteiger partial charge in [-0.1, -0.05) is 0 Å². The Labute approximate surface area is 135 Å². The van der Waals surface area contributed by atoms with Crippen LogP contribution in [-0.4, -0.2) is 53.9 Å². The maximum atomic E-state index is 11.9. The smallest absolute Gasteiger partial charge is 0.408 e. The third-order valence-electron chi connectivity index (χ3n) is 4.49. The summed E-state index contributed by atoms with van der Waals surface area (Å²) in [6.07, 6.45) is 4.80. The second-order valence-corrected chi connectivity index (χ2v) is 8.44. The Hall–Kier alpha value is -0.810. The molecule has 0 aromatic heterocycles. The van der Waals surface area contributed by atoms with Crippen LogP contribution in [0, 0.1) is 0 Å². The Bertz CT molecular complexity index is 390. The summed E-state index contributed by atoms with van der Waals surface area (Å²) in [6.45, 7) is 13.0. The highest BCUT2D eigenvalue weighted by molar-refractivity contribution is 5.68. The number of alkyl carbamates (subject to hydrolysis) is 1. The number of fused-ring (bicyclic) bond motifs is 1. The normalized spacial score (nSPS) is 26.6. The molecule has 0 aromatic rings. The maximum Gasteiger partial charge on any atom is 0.408 e. The van der Waals surface area contributed by atoms with Gasteiger partial charge in [0.05, 0.1) is 5.54 Å². The molecule has 22 heavy (non-hydrogen) atoms. The largest absolute Gasteiger partial charge is 0.444 e. The Morgan fingerprint density at radius 2 is 1.91 bits per heavy atom. The van der Waals surface area contributed by atoms with Crippen LogP contribution in [0.15, 0.2) is 0 Å². The monoisotopic (exact) mass is 311 g/mol. The van der Waals surface area contributed by atoms with Gasteiger partial charge in [0, 0.05) is 18.6 Å². The number of hydrogen-bond acceptors (Lipinski definition) is 4. The molecule has 2 aliphatic heterocycles. The first-order chi connectivity index (χ1) is 10.1. The van der Waals surface area contributed by atoms with E-state index in [2.05, 4.69) is 15.5 Å². The highest BCUT2D eigenvalue weighted by atomic mass is 16.6. The van der Waals surface area contributed by atoms with Crippen molar-refractivity contribution in [1.29, 1.82) is 0 Å². The van der Waals surface area contributed by atoms with Gasteiger partial charge in [0.15, 0.2) is 0 Å². The van der Waals surface area contributed by atoms with Crippen LogP contribution >= 0.6 is 0 Å². The van der Waals surface area contributed by atoms with Crippen LogP contribution in [0.4, 0.5) is 4.79 Å². The minimum Gasteiger partial charge on any atom is -0.444 e. The van der Waals surface area contributed by atoms with Crippen molar-refractivity contribution in [2.24, 2.45) is 0 Å². The topological polar surface area (TPSA) is 53.6 Å². The quantitative estimate of drug-likeness (QED) is 0.837. The van der Waals surface area contributed by atoms with E-state index in [1.165, 1.54) is 38.8 Å². The molecule has 0 aliphatic carbocycles. The van der Waals surface area contributed by atoms with Crippen LogP contribution < -0.4 is 10.6 Å². The van der Waals surface area contributed by atoms with Gasteiger partial charge in [-0.2, -0.15) is 0 Å². The molecule has 0 saturated carbocycles. The van der Waals surface area contributed by atoms with Gasteiger partial charge in [-0.3, -0.25) is 0 Å². The van der Waals surface area contributed by atoms with Crippen molar-refractivity contribution < 1.29 is 9.53 Å². The molecule has 0 aromatic carbocycles. The van der Waals surface area contributed by atoms with Gasteiger partial charge in [0.1, 0.15) is 5.60 Å². The van der Waals surface area contributed by atoms with Crippen LogP contribution in [0.25, 0.3) is 0 Å². The lowest BCUT2D eigenvalue weighted by molar-refractivity contribution is 0.0468. The summed E-state index contributed by atoms with van der Waals surface area (Å²) in [5.74, 6) is 0. The zero-order chi connectivity index (χ0) is 16.4. The predicted octanol–water partition coefficient (Wildman–Crippen LogP) is 2.51. The molecule has 2 atom stereocenters. The lowest BCUT2D eigenvalue weighted by Crippen LogP contribution is -2.55. The first kappa shape index (κ1) is 17.5. The van der Waals surface area contributed by atoms with E-state index in [4.69, 9.17) is 4.74 Å². The number of ether oxygens (including phenoxy) is 1. The maximum absolute atomic E-state index is 11.9. The van der Waals surface area contributed by atoms with E-state index < -0.39 is 5.60 Å². The van der Waals surface area contributed by atoms with E-state index in [0.717, 1.165) is 12.6 Å². The summed E-state index contributed by atoms with van der Waals surface area (Å²) in [4.78, 5) is 14.5. The molecule has 1 amide bonds. The Morgan fingerprint density at radius 1 is 1.18 bits per heavy atom. The highest BCUT2D eigenvalue weighted by Crippen LogP contribution is 2.26. The first-order valence-corrected chi connectivity index (χ1v) is 8.63. The molecule has 2 N–H and O–H groups in total. The molecule has 2 saturated heterocycles. The highest BCUT2D eigenvalue weighted by Gasteiger charge is 2.32. The SMILES string of the molecule is CC(C)(CNC1CCN2CCCC2C1)NC(=O)OC(C)(C)C. The van der Waals surface area contributed by atoms with Gasteiger partial charge >= 0.3 is 6.09 Å². The molecular formula is C17H33N3O2. The van der Waals surface area contributed by atoms with Crippen LogP contribution in [0.5, 0.6) is 0 Å². The zero-order valence-corrected chi connectivity index (χ0v) is 14.9. The minimum atomic E-state index is -0.455. The number of carbonyl (C=O) groups is 1. The fraction of sp³-hybridized carbons (Fsp3) is 0.941. The summed E-state index contributed by atoms with van der Waals surface area (Å²) >= 11 is 0. The van der Waals surface area contributed by atoms with Crippen molar-refractivity contribution in [2.45, 2.75) is 83.5 Å². The lowest BCUT2D eigenvalue weighted by Gasteiger charge is -2.37. The summed E-state index contributed by atoms with van der Waals surface area (Å²) in [7, 11) is 0. The van der Waals surface area contributed by atoms with Gasteiger partial charge in [-0.05, 0) is 73.4 Å². The molecule has 0 bridgehead atoms. The Balaban J connectivity index is 1.73. The minimum absolute atomic E-state index is 0.310. The molecular weight excluding hydrogens is 278 g/mol. The average Bonchev–Trinajstić information content (AvgIpc) is 2.80. The molecule has 0 spiro atoms. The van der Waals surface area contributed by atoms with E-state index in [-0.39, 0.29) is 11.6 Å². The van der Waals surface area contributed by atoms with Gasteiger partial charge in [0.2, 0.25) is 0 Å². The van der Waals surface area contributed by atoms with Gasteiger partial charge in [0.25, 0.3) is 0 Å². The van der Waals surface area contributed by atoms with Crippen molar-refractivity contribution >= 4 is 6.09 Å². The van der Waals surface area contributed by atoms with E-state index in [9.17, 15) is 4.79 Å². The van der Waals surface area contributed by atoms with Crippen LogP contribution in [0.1, 0.15) is 60.3 Å². The van der Waals surface area contributed by atoms with Crippen LogP contribution in [0.2, 0.25) is 0 Å². The summed E-state index contributed by atoms with van der Waals surface area (Å²) in [5, 5.41) is 6.61. The van der Waals surface area contributed by atoms with E-state index in [1.807, 2.05) is 34.6 Å². The third kappa shape index (κ3) is 5.43. The van der Waals surface area contributed by atoms with Crippen molar-refractivity contribution in [1.82, 2.24) is 15.5 Å². The molecule has 0 radical (unpaired) electrons. The summed E-state index contributed by atoms with van der Waals surface area (Å²) in [5.41, 5.74) is -0.766. The second-order valence-electron chi connectivity index (χ2n) is 8.44. The zero-order valence-electron chi connectivity index (χ0n) is 14.9. The molecule has 2 aliphatic rings. The second kappa shape index (κ2) is 6.75. The number of amides is 1. The van der Waals surface area contributed by atoms with Crippen molar-refractivity contribution in [3.05, 3.63) is 0 Å². The molecule has 2 fully saturated rings. The molecule has 5 heteroatoms. The van der Waals surface area contributed by atoms with Gasteiger partial charge in [-0.25, -0.2) is 4.79 Å². The van der Waals surface area contributed by atoms with E-state index in [1.54, 1.807) is 0 Å². The molecule has 2 rings (SSSR count). The number of nitrogens with one attached hydrogen (secondary N) is 2. The molecule has 2 unspecified atom stereocenters. The first-order valence-electron chi connectivity index (χ1n) is 8.63. The Morgan fingerprint density at radius 3 is 2.59 bits per heavy atom. The summed E-state index contributed by atoms with van der Waals surface area (Å²) < 4.78 is 5.34. The average molecular weight is 311 g/mol. The predicted molar refractivity (Wildman–Crippen MR) is 89.1 cm³/mol. The summed E-state index contributed by atoms with van der Waals surface area (Å²) in [6, 6.07) is 1.34. The molecule has 2 heterocycles. The van der Waals surface area contributed by atoms with Crippen molar-refractivity contribution in [2.75, 3.05) is 19.6 Å². The van der Waals surface area contributed by atoms with Crippen LogP contribution in [0.3, 0.4) is 0 Å². The fourth-order valence-corrected chi connectivity index (χ4v) is 3.43. The standard InChI is InChI=1S/C17H33N3O2/c1-16(2,3)22-15(21)19-17(4,5)12-18-13-8-10-20-9-6-7-14(20)11-13/h13-14,18H,6-12H2,1-5H3,(H,19,21). The molecule has 5 nitrogen and oxygen atoms in total. The number of hydrogen-bond donors (Lipinski definition) is 2. The number of nitrogens with zero attached hydrogens (tertiary/aromatic N) is 1. The molecule has 128 valence electrons. The number of rotatable bonds is 4. The number of carbonyl (C=O) groups excluding carboxylic acids is 1. The van der Waals surface area contributed by atoms with Crippen LogP contribution in [-0.2, 0) is 4.74 Å². The number of piperidine rings is 1. The van der Waals surface area contributed by atoms with E-state index in [0.29, 0.717) is 6.04 Å². The third-order valence-corrected chi connectivity index (χ3v) is 4.49. The fourth-order valence-electron chi connectivity index (χ4n) is 3.43. The Kier molecular flexibility index (Phi) is 5.38.